The number of thiocarbonyl (C=S) groups is 1. The highest BCUT2D eigenvalue weighted by atomic mass is 32.1. The van der Waals surface area contributed by atoms with E-state index in [4.69, 9.17) is 17.0 Å². The Morgan fingerprint density at radius 3 is 2.87 bits per heavy atom. The van der Waals surface area contributed by atoms with Gasteiger partial charge in [0, 0.05) is 45.9 Å². The summed E-state index contributed by atoms with van der Waals surface area (Å²) in [6.45, 7) is 8.60. The predicted octanol–water partition coefficient (Wildman–Crippen LogP) is 0.193. The van der Waals surface area contributed by atoms with Gasteiger partial charge in [0.05, 0.1) is 0 Å². The van der Waals surface area contributed by atoms with Gasteiger partial charge in [-0.1, -0.05) is 0 Å². The molecule has 1 aliphatic heterocycles. The van der Waals surface area contributed by atoms with E-state index in [2.05, 4.69) is 15.5 Å². The van der Waals surface area contributed by atoms with Crippen molar-refractivity contribution in [3.63, 3.8) is 0 Å². The van der Waals surface area contributed by atoms with Gasteiger partial charge in [0.15, 0.2) is 5.11 Å². The minimum atomic E-state index is 0.794. The summed E-state index contributed by atoms with van der Waals surface area (Å²) in [5, 5.41) is 7.45. The van der Waals surface area contributed by atoms with Gasteiger partial charge in [-0.2, -0.15) is 0 Å². The molecule has 0 unspecified atom stereocenters. The van der Waals surface area contributed by atoms with Gasteiger partial charge >= 0.3 is 0 Å². The van der Waals surface area contributed by atoms with E-state index in [1.165, 1.54) is 0 Å². The summed E-state index contributed by atoms with van der Waals surface area (Å²) >= 11 is 5.30. The summed E-state index contributed by atoms with van der Waals surface area (Å²) in [7, 11) is 0. The normalized spacial score (nSPS) is 16.5. The van der Waals surface area contributed by atoms with Gasteiger partial charge in [0.1, 0.15) is 0 Å². The Bertz CT molecular complexity index is 184. The van der Waals surface area contributed by atoms with Gasteiger partial charge in [-0.05, 0) is 25.6 Å². The van der Waals surface area contributed by atoms with E-state index in [1.54, 1.807) is 0 Å². The van der Waals surface area contributed by atoms with E-state index in [9.17, 15) is 0 Å². The van der Waals surface area contributed by atoms with Crippen LogP contribution in [0, 0.1) is 0 Å². The molecule has 0 bridgehead atoms. The summed E-state index contributed by atoms with van der Waals surface area (Å²) in [5.74, 6) is 0. The first-order valence-electron chi connectivity index (χ1n) is 5.66. The van der Waals surface area contributed by atoms with Gasteiger partial charge in [-0.3, -0.25) is 0 Å². The highest BCUT2D eigenvalue weighted by Gasteiger charge is 2.11. The van der Waals surface area contributed by atoms with Crippen LogP contribution in [-0.2, 0) is 4.74 Å². The summed E-state index contributed by atoms with van der Waals surface area (Å²) in [5.41, 5.74) is 0. The molecule has 0 atom stereocenters. The fourth-order valence-electron chi connectivity index (χ4n) is 1.49. The van der Waals surface area contributed by atoms with Gasteiger partial charge < -0.3 is 20.3 Å². The quantitative estimate of drug-likeness (QED) is 0.522. The number of ether oxygens (including phenoxy) is 1. The number of piperazine rings is 1. The zero-order valence-corrected chi connectivity index (χ0v) is 10.2. The molecule has 0 aromatic rings. The van der Waals surface area contributed by atoms with Crippen molar-refractivity contribution >= 4 is 17.3 Å². The molecular weight excluding hydrogens is 210 g/mol. The van der Waals surface area contributed by atoms with Crippen molar-refractivity contribution in [2.45, 2.75) is 13.3 Å². The minimum Gasteiger partial charge on any atom is -0.382 e. The SMILES string of the molecule is CCOCCCNC(=S)N1CCNCC1. The first-order valence-corrected chi connectivity index (χ1v) is 6.06. The summed E-state index contributed by atoms with van der Waals surface area (Å²) in [6, 6.07) is 0. The maximum atomic E-state index is 5.30. The minimum absolute atomic E-state index is 0.794. The second kappa shape index (κ2) is 7.84. The van der Waals surface area contributed by atoms with Crippen LogP contribution in [0.15, 0.2) is 0 Å². The number of rotatable bonds is 5. The van der Waals surface area contributed by atoms with Gasteiger partial charge in [-0.25, -0.2) is 0 Å². The van der Waals surface area contributed by atoms with Crippen LogP contribution in [-0.4, -0.2) is 55.9 Å². The predicted molar refractivity (Wildman–Crippen MR) is 66.2 cm³/mol. The third-order valence-electron chi connectivity index (χ3n) is 2.35. The van der Waals surface area contributed by atoms with Crippen LogP contribution in [0.4, 0.5) is 0 Å². The average molecular weight is 231 g/mol. The lowest BCUT2D eigenvalue weighted by molar-refractivity contribution is 0.145. The number of nitrogens with zero attached hydrogens (tertiary/aromatic N) is 1. The molecule has 15 heavy (non-hydrogen) atoms. The molecule has 1 aliphatic rings. The standard InChI is InChI=1S/C10H21N3OS/c1-2-14-9-3-4-12-10(15)13-7-5-11-6-8-13/h11H,2-9H2,1H3,(H,12,15). The molecule has 5 heteroatoms. The Balaban J connectivity index is 2.02. The highest BCUT2D eigenvalue weighted by molar-refractivity contribution is 7.80. The summed E-state index contributed by atoms with van der Waals surface area (Å²) in [4.78, 5) is 2.21. The average Bonchev–Trinajstić information content (AvgIpc) is 2.30. The Hall–Kier alpha value is -0.390. The summed E-state index contributed by atoms with van der Waals surface area (Å²) < 4.78 is 5.25. The molecule has 0 radical (unpaired) electrons. The molecule has 4 nitrogen and oxygen atoms in total. The molecular formula is C10H21N3OS. The second-order valence-electron chi connectivity index (χ2n) is 3.52. The monoisotopic (exact) mass is 231 g/mol. The molecule has 1 heterocycles. The van der Waals surface area contributed by atoms with Crippen LogP contribution in [0.3, 0.4) is 0 Å². The topological polar surface area (TPSA) is 36.5 Å². The van der Waals surface area contributed by atoms with E-state index in [0.717, 1.165) is 57.5 Å². The van der Waals surface area contributed by atoms with Gasteiger partial charge in [-0.15, -0.1) is 0 Å². The molecule has 2 N–H and O–H groups in total. The molecule has 0 aliphatic carbocycles. The Morgan fingerprint density at radius 1 is 1.47 bits per heavy atom. The number of nitrogens with one attached hydrogen (secondary N) is 2. The Labute approximate surface area is 97.3 Å². The fraction of sp³-hybridized carbons (Fsp3) is 0.900. The smallest absolute Gasteiger partial charge is 0.169 e. The van der Waals surface area contributed by atoms with Crippen molar-refractivity contribution in [1.29, 1.82) is 0 Å². The van der Waals surface area contributed by atoms with E-state index in [0.29, 0.717) is 0 Å². The van der Waals surface area contributed by atoms with E-state index in [1.807, 2.05) is 6.92 Å². The molecule has 0 spiro atoms. The lowest BCUT2D eigenvalue weighted by atomic mass is 10.4. The third kappa shape index (κ3) is 5.30. The first-order chi connectivity index (χ1) is 7.34. The fourth-order valence-corrected chi connectivity index (χ4v) is 1.78. The van der Waals surface area contributed by atoms with E-state index >= 15 is 0 Å². The van der Waals surface area contributed by atoms with Crippen LogP contribution < -0.4 is 10.6 Å². The zero-order valence-electron chi connectivity index (χ0n) is 9.42. The zero-order chi connectivity index (χ0) is 10.9. The summed E-state index contributed by atoms with van der Waals surface area (Å²) in [6.07, 6.45) is 1.01. The van der Waals surface area contributed by atoms with Crippen LogP contribution in [0.5, 0.6) is 0 Å². The third-order valence-corrected chi connectivity index (χ3v) is 2.75. The second-order valence-corrected chi connectivity index (χ2v) is 3.91. The van der Waals surface area contributed by atoms with Crippen molar-refractivity contribution in [2.24, 2.45) is 0 Å². The Morgan fingerprint density at radius 2 is 2.20 bits per heavy atom. The van der Waals surface area contributed by atoms with Crippen LogP contribution in [0.1, 0.15) is 13.3 Å². The van der Waals surface area contributed by atoms with Crippen LogP contribution in [0.2, 0.25) is 0 Å². The van der Waals surface area contributed by atoms with Crippen LogP contribution in [0.25, 0.3) is 0 Å². The first kappa shape index (κ1) is 12.7. The Kier molecular flexibility index (Phi) is 6.63. The molecule has 1 rings (SSSR count). The molecule has 0 saturated carbocycles. The van der Waals surface area contributed by atoms with Gasteiger partial charge in [0.25, 0.3) is 0 Å². The lowest BCUT2D eigenvalue weighted by Crippen LogP contribution is -2.50. The number of hydrogen-bond acceptors (Lipinski definition) is 3. The molecule has 88 valence electrons. The largest absolute Gasteiger partial charge is 0.382 e. The van der Waals surface area contributed by atoms with Crippen LogP contribution >= 0.6 is 12.2 Å². The highest BCUT2D eigenvalue weighted by Crippen LogP contribution is 1.93. The van der Waals surface area contributed by atoms with Gasteiger partial charge in [0.2, 0.25) is 0 Å². The lowest BCUT2D eigenvalue weighted by Gasteiger charge is -2.29. The van der Waals surface area contributed by atoms with E-state index < -0.39 is 0 Å². The maximum Gasteiger partial charge on any atom is 0.169 e. The van der Waals surface area contributed by atoms with Crippen molar-refractivity contribution < 1.29 is 4.74 Å². The molecule has 1 saturated heterocycles. The molecule has 0 aromatic carbocycles. The van der Waals surface area contributed by atoms with Crippen molar-refractivity contribution in [1.82, 2.24) is 15.5 Å². The molecule has 0 amide bonds. The molecule has 1 fully saturated rings. The van der Waals surface area contributed by atoms with Crippen molar-refractivity contribution in [2.75, 3.05) is 45.9 Å². The number of hydrogen-bond donors (Lipinski definition) is 2. The van der Waals surface area contributed by atoms with E-state index in [-0.39, 0.29) is 0 Å². The maximum absolute atomic E-state index is 5.30. The van der Waals surface area contributed by atoms with Crippen molar-refractivity contribution in [3.8, 4) is 0 Å². The van der Waals surface area contributed by atoms with Crippen molar-refractivity contribution in [3.05, 3.63) is 0 Å². The molecule has 0 aromatic heterocycles.